The van der Waals surface area contributed by atoms with E-state index in [0.29, 0.717) is 34.5 Å². The first kappa shape index (κ1) is 19.3. The highest BCUT2D eigenvalue weighted by Gasteiger charge is 2.27. The van der Waals surface area contributed by atoms with Crippen LogP contribution in [0.15, 0.2) is 36.7 Å². The van der Waals surface area contributed by atoms with E-state index in [1.807, 2.05) is 12.3 Å². The molecule has 0 spiro atoms. The number of benzene rings is 1. The van der Waals surface area contributed by atoms with Crippen molar-refractivity contribution in [1.82, 2.24) is 24.8 Å². The number of nitrogens with one attached hydrogen (secondary N) is 2. The van der Waals surface area contributed by atoms with Crippen LogP contribution in [0.2, 0.25) is 0 Å². The minimum atomic E-state index is -0.315. The second-order valence-electron chi connectivity index (χ2n) is 8.47. The zero-order valence-electron chi connectivity index (χ0n) is 17.3. The predicted octanol–water partition coefficient (Wildman–Crippen LogP) is 2.64. The third-order valence-corrected chi connectivity index (χ3v) is 5.96. The van der Waals surface area contributed by atoms with E-state index >= 15 is 0 Å². The van der Waals surface area contributed by atoms with Crippen LogP contribution < -0.4 is 15.4 Å². The Hall–Kier alpha value is -2.71. The number of nitrogens with zero attached hydrogens (tertiary/aromatic N) is 4. The van der Waals surface area contributed by atoms with Crippen LogP contribution in [0.25, 0.3) is 16.8 Å². The van der Waals surface area contributed by atoms with Crippen molar-refractivity contribution in [2.75, 3.05) is 38.0 Å². The molecule has 0 aliphatic carbocycles. The van der Waals surface area contributed by atoms with Crippen molar-refractivity contribution in [2.24, 2.45) is 5.92 Å². The first-order valence-corrected chi connectivity index (χ1v) is 10.6. The number of rotatable bonds is 1. The lowest BCUT2D eigenvalue weighted by Gasteiger charge is -2.27. The molecule has 2 aliphatic rings. The van der Waals surface area contributed by atoms with Crippen molar-refractivity contribution in [3.05, 3.63) is 42.5 Å². The molecular formula is C22H27FN6O. The quantitative estimate of drug-likeness (QED) is 0.643. The average molecular weight is 410 g/mol. The highest BCUT2D eigenvalue weighted by Crippen LogP contribution is 2.30. The van der Waals surface area contributed by atoms with E-state index in [1.54, 1.807) is 22.8 Å². The smallest absolute Gasteiger partial charge is 0.165 e. The summed E-state index contributed by atoms with van der Waals surface area (Å²) < 4.78 is 22.7. The van der Waals surface area contributed by atoms with Gasteiger partial charge >= 0.3 is 0 Å². The molecule has 7 nitrogen and oxygen atoms in total. The monoisotopic (exact) mass is 410 g/mol. The fourth-order valence-electron chi connectivity index (χ4n) is 4.24. The Morgan fingerprint density at radius 1 is 1.20 bits per heavy atom. The van der Waals surface area contributed by atoms with Gasteiger partial charge in [0.05, 0.1) is 6.20 Å². The van der Waals surface area contributed by atoms with Crippen molar-refractivity contribution >= 4 is 11.5 Å². The largest absolute Gasteiger partial charge is 0.488 e. The maximum absolute atomic E-state index is 14.7. The summed E-state index contributed by atoms with van der Waals surface area (Å²) in [5.41, 5.74) is 1.72. The van der Waals surface area contributed by atoms with Crippen LogP contribution in [0.4, 0.5) is 10.2 Å². The predicted molar refractivity (Wildman–Crippen MR) is 114 cm³/mol. The molecule has 30 heavy (non-hydrogen) atoms. The Kier molecular flexibility index (Phi) is 5.04. The summed E-state index contributed by atoms with van der Waals surface area (Å²) in [6.07, 6.45) is 3.49. The number of hydrogen-bond donors (Lipinski definition) is 2. The molecule has 2 aliphatic heterocycles. The van der Waals surface area contributed by atoms with Crippen molar-refractivity contribution in [2.45, 2.75) is 26.0 Å². The molecule has 4 heterocycles. The van der Waals surface area contributed by atoms with Crippen molar-refractivity contribution < 1.29 is 9.13 Å². The lowest BCUT2D eigenvalue weighted by atomic mass is 10.0. The molecule has 0 amide bonds. The minimum Gasteiger partial charge on any atom is -0.488 e. The van der Waals surface area contributed by atoms with Crippen LogP contribution in [0.1, 0.15) is 13.8 Å². The molecule has 8 heteroatoms. The van der Waals surface area contributed by atoms with Crippen molar-refractivity contribution in [3.63, 3.8) is 0 Å². The number of fused-ring (bicyclic) bond motifs is 6. The highest BCUT2D eigenvalue weighted by atomic mass is 19.1. The molecule has 1 aromatic carbocycles. The van der Waals surface area contributed by atoms with Gasteiger partial charge in [-0.25, -0.2) is 13.9 Å². The number of halogens is 1. The Labute approximate surface area is 175 Å². The summed E-state index contributed by atoms with van der Waals surface area (Å²) in [4.78, 5) is 7.12. The fourth-order valence-corrected chi connectivity index (χ4v) is 4.24. The van der Waals surface area contributed by atoms with Crippen LogP contribution in [0.5, 0.6) is 5.75 Å². The Bertz CT molecular complexity index is 1050. The molecule has 3 aromatic rings. The zero-order valence-corrected chi connectivity index (χ0v) is 17.3. The number of anilines is 1. The van der Waals surface area contributed by atoms with E-state index in [0.717, 1.165) is 38.5 Å². The van der Waals surface area contributed by atoms with Crippen molar-refractivity contribution in [3.8, 4) is 16.9 Å². The minimum absolute atomic E-state index is 0.0156. The lowest BCUT2D eigenvalue weighted by molar-refractivity contribution is 0.152. The van der Waals surface area contributed by atoms with Crippen LogP contribution in [0, 0.1) is 11.7 Å². The summed E-state index contributed by atoms with van der Waals surface area (Å²) in [6, 6.07) is 7.22. The maximum atomic E-state index is 14.7. The summed E-state index contributed by atoms with van der Waals surface area (Å²) in [7, 11) is 0. The Balaban J connectivity index is 1.56. The summed E-state index contributed by atoms with van der Waals surface area (Å²) in [6.45, 7) is 8.68. The van der Waals surface area contributed by atoms with E-state index in [9.17, 15) is 4.39 Å². The van der Waals surface area contributed by atoms with Crippen molar-refractivity contribution in [1.29, 1.82) is 0 Å². The molecule has 0 radical (unpaired) electrons. The van der Waals surface area contributed by atoms with Gasteiger partial charge < -0.3 is 15.4 Å². The second kappa shape index (κ2) is 7.85. The molecule has 2 aromatic heterocycles. The molecule has 2 N–H and O–H groups in total. The van der Waals surface area contributed by atoms with Gasteiger partial charge in [0, 0.05) is 56.1 Å². The molecule has 6 bridgehead atoms. The highest BCUT2D eigenvalue weighted by molar-refractivity contribution is 5.78. The maximum Gasteiger partial charge on any atom is 0.165 e. The summed E-state index contributed by atoms with van der Waals surface area (Å²) in [5, 5.41) is 11.4. The fraction of sp³-hybridized carbons (Fsp3) is 0.455. The van der Waals surface area contributed by atoms with Gasteiger partial charge in [-0.2, -0.15) is 5.10 Å². The molecule has 1 saturated heterocycles. The Morgan fingerprint density at radius 2 is 2.10 bits per heavy atom. The van der Waals surface area contributed by atoms with Gasteiger partial charge in [-0.3, -0.25) is 4.90 Å². The van der Waals surface area contributed by atoms with E-state index in [-0.39, 0.29) is 11.9 Å². The van der Waals surface area contributed by atoms with Gasteiger partial charge in [-0.05, 0) is 30.2 Å². The van der Waals surface area contributed by atoms with Crippen LogP contribution >= 0.6 is 0 Å². The topological polar surface area (TPSA) is 66.7 Å². The molecule has 3 atom stereocenters. The number of aromatic nitrogens is 3. The standard InChI is InChI=1S/C22H27FN6O/c1-14(2)20-13-28-8-6-24-21-5-7-29-22(27-21)18(11-26-29)17-9-15(3-4-19(17)23)30-16(12-28)10-25-20/h3-5,7,9,11,14,16,20,25H,6,8,10,12-13H2,1-2H3,(H,24,27)/t16-,20-/m1/s1. The first-order chi connectivity index (χ1) is 14.6. The molecule has 0 saturated carbocycles. The normalized spacial score (nSPS) is 24.2. The van der Waals surface area contributed by atoms with Gasteiger partial charge in [0.2, 0.25) is 0 Å². The number of hydrogen-bond acceptors (Lipinski definition) is 6. The molecule has 1 fully saturated rings. The van der Waals surface area contributed by atoms with Gasteiger partial charge in [-0.1, -0.05) is 13.8 Å². The molecular weight excluding hydrogens is 383 g/mol. The summed E-state index contributed by atoms with van der Waals surface area (Å²) >= 11 is 0. The SMILES string of the molecule is CC(C)[C@H]1CN2CCNc3ccn4ncc(c4n3)-c3cc(ccc3F)O[C@H](CN1)C2. The number of ether oxygens (including phenoxy) is 1. The van der Waals surface area contributed by atoms with Gasteiger partial charge in [-0.15, -0.1) is 0 Å². The third kappa shape index (κ3) is 3.73. The van der Waals surface area contributed by atoms with Gasteiger partial charge in [0.25, 0.3) is 0 Å². The van der Waals surface area contributed by atoms with Crippen LogP contribution in [0.3, 0.4) is 0 Å². The van der Waals surface area contributed by atoms with Crippen LogP contribution in [-0.2, 0) is 0 Å². The first-order valence-electron chi connectivity index (χ1n) is 10.6. The van der Waals surface area contributed by atoms with E-state index in [2.05, 4.69) is 34.5 Å². The van der Waals surface area contributed by atoms with E-state index in [4.69, 9.17) is 9.72 Å². The molecule has 5 rings (SSSR count). The second-order valence-corrected chi connectivity index (χ2v) is 8.47. The lowest BCUT2D eigenvalue weighted by Crippen LogP contribution is -2.42. The van der Waals surface area contributed by atoms with E-state index < -0.39 is 0 Å². The molecule has 158 valence electrons. The van der Waals surface area contributed by atoms with Crippen LogP contribution in [-0.4, -0.2) is 64.4 Å². The average Bonchev–Trinajstić information content (AvgIpc) is 3.03. The van der Waals surface area contributed by atoms with Gasteiger partial charge in [0.15, 0.2) is 5.65 Å². The Morgan fingerprint density at radius 3 is 2.97 bits per heavy atom. The molecule has 1 unspecified atom stereocenters. The third-order valence-electron chi connectivity index (χ3n) is 5.96. The van der Waals surface area contributed by atoms with E-state index in [1.165, 1.54) is 6.07 Å². The summed E-state index contributed by atoms with van der Waals surface area (Å²) in [5.74, 6) is 1.64. The zero-order chi connectivity index (χ0) is 20.7. The van der Waals surface area contributed by atoms with Gasteiger partial charge in [0.1, 0.15) is 23.5 Å².